The van der Waals surface area contributed by atoms with E-state index in [1.807, 2.05) is 0 Å². The zero-order valence-electron chi connectivity index (χ0n) is 16.6. The van der Waals surface area contributed by atoms with Crippen LogP contribution in [0.25, 0.3) is 11.0 Å². The van der Waals surface area contributed by atoms with Crippen LogP contribution < -0.4 is 14.8 Å². The summed E-state index contributed by atoms with van der Waals surface area (Å²) < 4.78 is 29.4. The maximum atomic E-state index is 13.1. The highest BCUT2D eigenvalue weighted by Crippen LogP contribution is 2.33. The number of amides is 1. The number of carbonyl (C=O) groups is 2. The lowest BCUT2D eigenvalue weighted by Crippen LogP contribution is -2.21. The van der Waals surface area contributed by atoms with Crippen molar-refractivity contribution >= 4 is 28.3 Å². The molecule has 0 atom stereocenters. The molecule has 0 bridgehead atoms. The molecule has 0 saturated heterocycles. The van der Waals surface area contributed by atoms with E-state index in [0.717, 1.165) is 0 Å². The molecule has 6 nitrogen and oxygen atoms in total. The smallest absolute Gasteiger partial charge is 0.262 e. The Kier molecular flexibility index (Phi) is 5.66. The summed E-state index contributed by atoms with van der Waals surface area (Å²) in [6, 6.07) is 19.0. The third-order valence-electron chi connectivity index (χ3n) is 4.58. The Morgan fingerprint density at radius 2 is 1.74 bits per heavy atom. The van der Waals surface area contributed by atoms with E-state index in [9.17, 15) is 14.0 Å². The number of methoxy groups -OCH3 is 1. The number of ether oxygens (including phenoxy) is 2. The van der Waals surface area contributed by atoms with Crippen LogP contribution in [-0.2, 0) is 4.79 Å². The van der Waals surface area contributed by atoms with Gasteiger partial charge in [-0.05, 0) is 48.5 Å². The van der Waals surface area contributed by atoms with E-state index in [1.165, 1.54) is 31.4 Å². The Labute approximate surface area is 177 Å². The van der Waals surface area contributed by atoms with Crippen molar-refractivity contribution in [3.8, 4) is 11.5 Å². The number of halogens is 1. The first-order valence-electron chi connectivity index (χ1n) is 9.43. The highest BCUT2D eigenvalue weighted by Gasteiger charge is 2.23. The van der Waals surface area contributed by atoms with Gasteiger partial charge in [0.2, 0.25) is 5.78 Å². The summed E-state index contributed by atoms with van der Waals surface area (Å²) in [6.45, 7) is -0.321. The van der Waals surface area contributed by atoms with Crippen LogP contribution in [0.1, 0.15) is 16.1 Å². The third kappa shape index (κ3) is 4.40. The fourth-order valence-electron chi connectivity index (χ4n) is 3.08. The minimum Gasteiger partial charge on any atom is -0.497 e. The number of hydrogen-bond donors (Lipinski definition) is 1. The largest absolute Gasteiger partial charge is 0.497 e. The van der Waals surface area contributed by atoms with Gasteiger partial charge in [-0.2, -0.15) is 0 Å². The molecule has 0 aliphatic carbocycles. The Morgan fingerprint density at radius 3 is 2.52 bits per heavy atom. The van der Waals surface area contributed by atoms with Gasteiger partial charge >= 0.3 is 0 Å². The van der Waals surface area contributed by atoms with Gasteiger partial charge in [0.05, 0.1) is 12.8 Å². The van der Waals surface area contributed by atoms with Crippen molar-refractivity contribution in [3.05, 3.63) is 89.9 Å². The lowest BCUT2D eigenvalue weighted by molar-refractivity contribution is -0.118. The molecule has 0 spiro atoms. The van der Waals surface area contributed by atoms with Crippen LogP contribution in [0.3, 0.4) is 0 Å². The van der Waals surface area contributed by atoms with E-state index in [4.69, 9.17) is 13.9 Å². The van der Waals surface area contributed by atoms with Gasteiger partial charge < -0.3 is 19.2 Å². The molecular weight excluding hydrogens is 401 g/mol. The first-order valence-corrected chi connectivity index (χ1v) is 9.43. The summed E-state index contributed by atoms with van der Waals surface area (Å²) in [4.78, 5) is 25.7. The van der Waals surface area contributed by atoms with Crippen LogP contribution in [0.15, 0.2) is 77.2 Å². The van der Waals surface area contributed by atoms with E-state index in [2.05, 4.69) is 5.32 Å². The normalized spacial score (nSPS) is 10.6. The van der Waals surface area contributed by atoms with Gasteiger partial charge in [0.1, 0.15) is 22.9 Å². The third-order valence-corrected chi connectivity index (χ3v) is 4.58. The summed E-state index contributed by atoms with van der Waals surface area (Å²) in [5.41, 5.74) is 1.08. The van der Waals surface area contributed by atoms with Gasteiger partial charge in [0.15, 0.2) is 12.4 Å². The van der Waals surface area contributed by atoms with Crippen LogP contribution in [0.4, 0.5) is 10.1 Å². The predicted molar refractivity (Wildman–Crippen MR) is 113 cm³/mol. The van der Waals surface area contributed by atoms with E-state index in [0.29, 0.717) is 28.0 Å². The Bertz CT molecular complexity index is 1250. The maximum Gasteiger partial charge on any atom is 0.262 e. The lowest BCUT2D eigenvalue weighted by Gasteiger charge is -2.08. The number of ketones is 1. The number of hydrogen-bond acceptors (Lipinski definition) is 5. The molecule has 7 heteroatoms. The summed E-state index contributed by atoms with van der Waals surface area (Å²) in [7, 11) is 1.51. The molecule has 4 aromatic rings. The number of furan rings is 1. The molecule has 1 N–H and O–H groups in total. The van der Waals surface area contributed by atoms with Crippen LogP contribution in [-0.4, -0.2) is 25.4 Å². The van der Waals surface area contributed by atoms with E-state index >= 15 is 0 Å². The molecular formula is C24H18FNO5. The number of nitrogens with one attached hydrogen (secondary N) is 1. The average Bonchev–Trinajstić information content (AvgIpc) is 3.16. The second-order valence-electron chi connectivity index (χ2n) is 6.65. The van der Waals surface area contributed by atoms with Crippen LogP contribution in [0.2, 0.25) is 0 Å². The van der Waals surface area contributed by atoms with Gasteiger partial charge in [-0.25, -0.2) is 4.39 Å². The van der Waals surface area contributed by atoms with Crippen LogP contribution in [0, 0.1) is 5.82 Å². The van der Waals surface area contributed by atoms with Crippen molar-refractivity contribution in [1.29, 1.82) is 0 Å². The number of para-hydroxylation sites is 1. The average molecular weight is 419 g/mol. The molecule has 1 amide bonds. The number of rotatable bonds is 7. The molecule has 4 rings (SSSR count). The lowest BCUT2D eigenvalue weighted by atomic mass is 10.1. The van der Waals surface area contributed by atoms with Crippen molar-refractivity contribution in [2.24, 2.45) is 0 Å². The fourth-order valence-corrected chi connectivity index (χ4v) is 3.08. The monoisotopic (exact) mass is 419 g/mol. The number of benzene rings is 3. The van der Waals surface area contributed by atoms with Crippen LogP contribution >= 0.6 is 0 Å². The molecule has 1 aromatic heterocycles. The van der Waals surface area contributed by atoms with Gasteiger partial charge in [0, 0.05) is 10.9 Å². The SMILES string of the molecule is COc1cccc(C(=O)c2oc3ccccc3c2NC(=O)COc2ccc(F)cc2)c1. The predicted octanol–water partition coefficient (Wildman–Crippen LogP) is 4.83. The molecule has 0 fully saturated rings. The number of fused-ring (bicyclic) bond motifs is 1. The fraction of sp³-hybridized carbons (Fsp3) is 0.0833. The van der Waals surface area contributed by atoms with Crippen molar-refractivity contribution in [3.63, 3.8) is 0 Å². The molecule has 1 heterocycles. The molecule has 31 heavy (non-hydrogen) atoms. The molecule has 0 unspecified atom stereocenters. The summed E-state index contributed by atoms with van der Waals surface area (Å²) in [5.74, 6) is -0.408. The Hall–Kier alpha value is -4.13. The maximum absolute atomic E-state index is 13.1. The topological polar surface area (TPSA) is 77.8 Å². The zero-order chi connectivity index (χ0) is 21.8. The van der Waals surface area contributed by atoms with Crippen molar-refractivity contribution in [1.82, 2.24) is 0 Å². The standard InChI is InChI=1S/C24H18FNO5/c1-29-18-6-4-5-15(13-18)23(28)24-22(19-7-2-3-8-20(19)31-24)26-21(27)14-30-17-11-9-16(25)10-12-17/h2-13H,14H2,1H3,(H,26,27). The quantitative estimate of drug-likeness (QED) is 0.434. The molecule has 156 valence electrons. The highest BCUT2D eigenvalue weighted by atomic mass is 19.1. The summed E-state index contributed by atoms with van der Waals surface area (Å²) in [5, 5.41) is 3.30. The minimum absolute atomic E-state index is 0.00425. The molecule has 3 aromatic carbocycles. The van der Waals surface area contributed by atoms with Gasteiger partial charge in [-0.3, -0.25) is 9.59 Å². The van der Waals surface area contributed by atoms with E-state index < -0.39 is 17.5 Å². The Morgan fingerprint density at radius 1 is 0.968 bits per heavy atom. The number of anilines is 1. The highest BCUT2D eigenvalue weighted by molar-refractivity contribution is 6.17. The van der Waals surface area contributed by atoms with Crippen LogP contribution in [0.5, 0.6) is 11.5 Å². The van der Waals surface area contributed by atoms with E-state index in [1.54, 1.807) is 48.5 Å². The molecule has 0 aliphatic heterocycles. The van der Waals surface area contributed by atoms with Crippen molar-refractivity contribution in [2.75, 3.05) is 19.0 Å². The van der Waals surface area contributed by atoms with E-state index in [-0.39, 0.29) is 18.1 Å². The molecule has 0 radical (unpaired) electrons. The summed E-state index contributed by atoms with van der Waals surface area (Å²) >= 11 is 0. The van der Waals surface area contributed by atoms with Crippen molar-refractivity contribution in [2.45, 2.75) is 0 Å². The minimum atomic E-state index is -0.490. The van der Waals surface area contributed by atoms with Crippen molar-refractivity contribution < 1.29 is 27.9 Å². The second kappa shape index (κ2) is 8.71. The Balaban J connectivity index is 1.61. The number of carbonyl (C=O) groups excluding carboxylic acids is 2. The van der Waals surface area contributed by atoms with Gasteiger partial charge in [-0.1, -0.05) is 24.3 Å². The van der Waals surface area contributed by atoms with Gasteiger partial charge in [0.25, 0.3) is 5.91 Å². The molecule has 0 aliphatic rings. The zero-order valence-corrected chi connectivity index (χ0v) is 16.6. The first kappa shape index (κ1) is 20.2. The molecule has 0 saturated carbocycles. The second-order valence-corrected chi connectivity index (χ2v) is 6.65. The van der Waals surface area contributed by atoms with Gasteiger partial charge in [-0.15, -0.1) is 0 Å². The first-order chi connectivity index (χ1) is 15.0. The summed E-state index contributed by atoms with van der Waals surface area (Å²) in [6.07, 6.45) is 0.